The Labute approximate surface area is 214 Å². The molecule has 1 nitrogen and oxygen atoms in total. The van der Waals surface area contributed by atoms with Crippen molar-refractivity contribution in [3.8, 4) is 11.1 Å². The molecular formula is C33H38OS. The highest BCUT2D eigenvalue weighted by Gasteiger charge is 2.14. The standard InChI is InChI=1S/C33H38OS/c1-2-3-4-5-6-7-8-9-10-11-12-15-25-18-20-26(21-19-25)27-22-23-29-31(24-27)35-33-28-16-13-14-17-30(28)34-32(29)33/h13-14,16-24H,2-12,15H2,1H3. The fourth-order valence-electron chi connectivity index (χ4n) is 5.24. The van der Waals surface area contributed by atoms with E-state index >= 15 is 0 Å². The van der Waals surface area contributed by atoms with Crippen LogP contribution < -0.4 is 0 Å². The first-order valence-corrected chi connectivity index (χ1v) is 14.6. The van der Waals surface area contributed by atoms with Gasteiger partial charge in [0, 0.05) is 15.5 Å². The van der Waals surface area contributed by atoms with Gasteiger partial charge in [0.05, 0.1) is 4.70 Å². The first-order valence-electron chi connectivity index (χ1n) is 13.8. The Kier molecular flexibility index (Phi) is 8.21. The highest BCUT2D eigenvalue weighted by molar-refractivity contribution is 7.26. The third-order valence-corrected chi connectivity index (χ3v) is 8.51. The second kappa shape index (κ2) is 11.9. The summed E-state index contributed by atoms with van der Waals surface area (Å²) < 4.78 is 8.73. The number of furan rings is 1. The van der Waals surface area contributed by atoms with Crippen LogP contribution in [0, 0.1) is 0 Å². The number of fused-ring (bicyclic) bond motifs is 5. The van der Waals surface area contributed by atoms with Crippen molar-refractivity contribution in [3.05, 3.63) is 72.3 Å². The van der Waals surface area contributed by atoms with Crippen molar-refractivity contribution < 1.29 is 4.42 Å². The molecule has 2 heteroatoms. The third kappa shape index (κ3) is 5.81. The quantitative estimate of drug-likeness (QED) is 0.152. The van der Waals surface area contributed by atoms with Gasteiger partial charge in [-0.2, -0.15) is 0 Å². The summed E-state index contributed by atoms with van der Waals surface area (Å²) in [4.78, 5) is 0. The fraction of sp³-hybridized carbons (Fsp3) is 0.394. The van der Waals surface area contributed by atoms with Gasteiger partial charge in [-0.25, -0.2) is 0 Å². The number of hydrogen-bond donors (Lipinski definition) is 0. The van der Waals surface area contributed by atoms with E-state index < -0.39 is 0 Å². The predicted octanol–water partition coefficient (Wildman–Crippen LogP) is 11.3. The number of rotatable bonds is 13. The average molecular weight is 483 g/mol. The van der Waals surface area contributed by atoms with Crippen LogP contribution in [0.15, 0.2) is 71.1 Å². The molecule has 3 aromatic carbocycles. The van der Waals surface area contributed by atoms with E-state index in [-0.39, 0.29) is 0 Å². The topological polar surface area (TPSA) is 13.1 Å². The van der Waals surface area contributed by atoms with Crippen LogP contribution in [0.25, 0.3) is 42.5 Å². The van der Waals surface area contributed by atoms with Crippen molar-refractivity contribution in [1.29, 1.82) is 0 Å². The summed E-state index contributed by atoms with van der Waals surface area (Å²) in [6.07, 6.45) is 16.6. The van der Waals surface area contributed by atoms with Gasteiger partial charge in [0.15, 0.2) is 5.58 Å². The van der Waals surface area contributed by atoms with Crippen molar-refractivity contribution in [2.45, 2.75) is 84.0 Å². The lowest BCUT2D eigenvalue weighted by atomic mass is 10.00. The first-order chi connectivity index (χ1) is 17.3. The van der Waals surface area contributed by atoms with Gasteiger partial charge in [-0.3, -0.25) is 0 Å². The second-order valence-corrected chi connectivity index (χ2v) is 11.1. The van der Waals surface area contributed by atoms with Gasteiger partial charge in [0.25, 0.3) is 0 Å². The lowest BCUT2D eigenvalue weighted by Gasteiger charge is -2.06. The number of unbranched alkanes of at least 4 members (excludes halogenated alkanes) is 10. The number of aryl methyl sites for hydroxylation is 1. The van der Waals surface area contributed by atoms with Crippen molar-refractivity contribution in [2.75, 3.05) is 0 Å². The Hall–Kier alpha value is -2.58. The molecule has 0 aliphatic carbocycles. The van der Waals surface area contributed by atoms with E-state index in [1.54, 1.807) is 0 Å². The second-order valence-electron chi connectivity index (χ2n) is 10.1. The highest BCUT2D eigenvalue weighted by Crippen LogP contribution is 2.41. The molecule has 0 spiro atoms. The van der Waals surface area contributed by atoms with Crippen LogP contribution in [-0.4, -0.2) is 0 Å². The maximum atomic E-state index is 6.17. The molecule has 35 heavy (non-hydrogen) atoms. The molecule has 0 saturated carbocycles. The number of thiophene rings is 1. The van der Waals surface area contributed by atoms with Crippen LogP contribution in [0.4, 0.5) is 0 Å². The van der Waals surface area contributed by atoms with Crippen molar-refractivity contribution >= 4 is 42.7 Å². The van der Waals surface area contributed by atoms with E-state index in [4.69, 9.17) is 4.42 Å². The number of para-hydroxylation sites is 1. The van der Waals surface area contributed by atoms with Crippen LogP contribution >= 0.6 is 11.3 Å². The number of hydrogen-bond acceptors (Lipinski definition) is 2. The fourth-order valence-corrected chi connectivity index (χ4v) is 6.44. The van der Waals surface area contributed by atoms with Crippen molar-refractivity contribution in [1.82, 2.24) is 0 Å². The zero-order chi connectivity index (χ0) is 23.9. The minimum atomic E-state index is 0.980. The van der Waals surface area contributed by atoms with Gasteiger partial charge >= 0.3 is 0 Å². The summed E-state index contributed by atoms with van der Waals surface area (Å²) in [5.74, 6) is 0. The maximum absolute atomic E-state index is 6.17. The van der Waals surface area contributed by atoms with Gasteiger partial charge in [0.1, 0.15) is 5.58 Å². The van der Waals surface area contributed by atoms with E-state index in [0.717, 1.165) is 11.2 Å². The molecule has 2 heterocycles. The molecular weight excluding hydrogens is 444 g/mol. The number of benzene rings is 3. The van der Waals surface area contributed by atoms with Crippen LogP contribution in [0.1, 0.15) is 83.1 Å². The van der Waals surface area contributed by atoms with Gasteiger partial charge < -0.3 is 4.42 Å². The van der Waals surface area contributed by atoms with E-state index in [1.807, 2.05) is 17.4 Å². The summed E-state index contributed by atoms with van der Waals surface area (Å²) in [6, 6.07) is 24.4. The molecule has 2 aromatic heterocycles. The summed E-state index contributed by atoms with van der Waals surface area (Å²) >= 11 is 1.84. The van der Waals surface area contributed by atoms with Crippen molar-refractivity contribution in [2.24, 2.45) is 0 Å². The Morgan fingerprint density at radius 3 is 2.03 bits per heavy atom. The molecule has 0 aliphatic rings. The Bertz CT molecular complexity index is 1350. The zero-order valence-corrected chi connectivity index (χ0v) is 22.0. The molecule has 0 unspecified atom stereocenters. The smallest absolute Gasteiger partial charge is 0.154 e. The lowest BCUT2D eigenvalue weighted by molar-refractivity contribution is 0.549. The zero-order valence-electron chi connectivity index (χ0n) is 21.2. The molecule has 0 aliphatic heterocycles. The molecule has 5 aromatic rings. The van der Waals surface area contributed by atoms with E-state index in [9.17, 15) is 0 Å². The van der Waals surface area contributed by atoms with E-state index in [0.29, 0.717) is 0 Å². The molecule has 0 bridgehead atoms. The van der Waals surface area contributed by atoms with Gasteiger partial charge in [-0.05, 0) is 53.8 Å². The third-order valence-electron chi connectivity index (χ3n) is 7.34. The largest absolute Gasteiger partial charge is 0.454 e. The van der Waals surface area contributed by atoms with E-state index in [1.165, 1.54) is 114 Å². The summed E-state index contributed by atoms with van der Waals surface area (Å²) in [6.45, 7) is 2.29. The van der Waals surface area contributed by atoms with Gasteiger partial charge in [-0.15, -0.1) is 11.3 Å². The monoisotopic (exact) mass is 482 g/mol. The normalized spacial score (nSPS) is 11.8. The summed E-state index contributed by atoms with van der Waals surface area (Å²) in [5, 5.41) is 2.44. The molecule has 0 N–H and O–H groups in total. The molecule has 0 saturated heterocycles. The molecule has 0 radical (unpaired) electrons. The first kappa shape index (κ1) is 24.1. The summed E-state index contributed by atoms with van der Waals surface area (Å²) in [5.41, 5.74) is 6.05. The Balaban J connectivity index is 1.11. The molecule has 0 atom stereocenters. The molecule has 0 fully saturated rings. The van der Waals surface area contributed by atoms with Crippen LogP contribution in [0.3, 0.4) is 0 Å². The van der Waals surface area contributed by atoms with E-state index in [2.05, 4.69) is 67.6 Å². The summed E-state index contributed by atoms with van der Waals surface area (Å²) in [7, 11) is 0. The maximum Gasteiger partial charge on any atom is 0.154 e. The molecule has 182 valence electrons. The molecule has 5 rings (SSSR count). The lowest BCUT2D eigenvalue weighted by Crippen LogP contribution is -1.87. The minimum Gasteiger partial charge on any atom is -0.454 e. The van der Waals surface area contributed by atoms with Crippen LogP contribution in [-0.2, 0) is 6.42 Å². The Morgan fingerprint density at radius 2 is 1.29 bits per heavy atom. The Morgan fingerprint density at radius 1 is 0.629 bits per heavy atom. The van der Waals surface area contributed by atoms with Gasteiger partial charge in [-0.1, -0.05) is 114 Å². The average Bonchev–Trinajstić information content (AvgIpc) is 3.43. The minimum absolute atomic E-state index is 0.980. The van der Waals surface area contributed by atoms with Crippen LogP contribution in [0.2, 0.25) is 0 Å². The van der Waals surface area contributed by atoms with Crippen molar-refractivity contribution in [3.63, 3.8) is 0 Å². The SMILES string of the molecule is CCCCCCCCCCCCCc1ccc(-c2ccc3c(c2)sc2c4ccccc4oc32)cc1. The van der Waals surface area contributed by atoms with Crippen LogP contribution in [0.5, 0.6) is 0 Å². The highest BCUT2D eigenvalue weighted by atomic mass is 32.1. The van der Waals surface area contributed by atoms with Gasteiger partial charge in [0.2, 0.25) is 0 Å². The predicted molar refractivity (Wildman–Crippen MR) is 155 cm³/mol. The molecule has 0 amide bonds.